The Hall–Kier alpha value is -2.59. The highest BCUT2D eigenvalue weighted by molar-refractivity contribution is 6.31. The fraction of sp³-hybridized carbons (Fsp3) is 0.158. The SMILES string of the molecule is CCn1cc(C(=O)Nc2ccccc2C)c(=O)c2cc(Cl)ccc21. The van der Waals surface area contributed by atoms with Crippen LogP contribution in [-0.4, -0.2) is 10.5 Å². The van der Waals surface area contributed by atoms with E-state index in [-0.39, 0.29) is 11.0 Å². The minimum absolute atomic E-state index is 0.106. The number of nitrogens with one attached hydrogen (secondary N) is 1. The number of hydrogen-bond donors (Lipinski definition) is 1. The van der Waals surface area contributed by atoms with Gasteiger partial charge in [0.1, 0.15) is 5.56 Å². The molecule has 0 aliphatic heterocycles. The zero-order valence-electron chi connectivity index (χ0n) is 13.5. The second-order valence-electron chi connectivity index (χ2n) is 5.59. The fourth-order valence-electron chi connectivity index (χ4n) is 2.70. The van der Waals surface area contributed by atoms with E-state index in [1.807, 2.05) is 42.7 Å². The molecule has 1 aromatic heterocycles. The van der Waals surface area contributed by atoms with Crippen molar-refractivity contribution in [2.45, 2.75) is 20.4 Å². The highest BCUT2D eigenvalue weighted by Gasteiger charge is 2.16. The first-order valence-corrected chi connectivity index (χ1v) is 8.08. The Balaban J connectivity index is 2.12. The van der Waals surface area contributed by atoms with Crippen LogP contribution in [0.2, 0.25) is 5.02 Å². The number of para-hydroxylation sites is 1. The van der Waals surface area contributed by atoms with Crippen LogP contribution in [0.1, 0.15) is 22.8 Å². The Bertz CT molecular complexity index is 992. The van der Waals surface area contributed by atoms with Crippen LogP contribution < -0.4 is 10.7 Å². The van der Waals surface area contributed by atoms with Gasteiger partial charge in [0.2, 0.25) is 5.43 Å². The predicted octanol–water partition coefficient (Wildman–Crippen LogP) is 4.24. The molecule has 0 saturated heterocycles. The van der Waals surface area contributed by atoms with Gasteiger partial charge in [0.25, 0.3) is 5.91 Å². The van der Waals surface area contributed by atoms with E-state index in [1.54, 1.807) is 24.4 Å². The van der Waals surface area contributed by atoms with Crippen molar-refractivity contribution in [2.75, 3.05) is 5.32 Å². The molecule has 4 nitrogen and oxygen atoms in total. The van der Waals surface area contributed by atoms with Crippen LogP contribution in [0.3, 0.4) is 0 Å². The number of benzene rings is 2. The van der Waals surface area contributed by atoms with Crippen LogP contribution >= 0.6 is 11.6 Å². The molecule has 1 N–H and O–H groups in total. The van der Waals surface area contributed by atoms with Gasteiger partial charge in [-0.05, 0) is 43.7 Å². The van der Waals surface area contributed by atoms with Gasteiger partial charge in [0, 0.05) is 28.8 Å². The van der Waals surface area contributed by atoms with Gasteiger partial charge in [0.05, 0.1) is 5.52 Å². The van der Waals surface area contributed by atoms with Gasteiger partial charge >= 0.3 is 0 Å². The molecule has 0 aliphatic rings. The summed E-state index contributed by atoms with van der Waals surface area (Å²) in [7, 11) is 0. The number of anilines is 1. The number of pyridine rings is 1. The lowest BCUT2D eigenvalue weighted by atomic mass is 10.1. The molecule has 24 heavy (non-hydrogen) atoms. The van der Waals surface area contributed by atoms with Crippen LogP contribution in [0.5, 0.6) is 0 Å². The maximum absolute atomic E-state index is 12.7. The first-order chi connectivity index (χ1) is 11.5. The number of fused-ring (bicyclic) bond motifs is 1. The molecule has 2 aromatic carbocycles. The van der Waals surface area contributed by atoms with E-state index in [4.69, 9.17) is 11.6 Å². The molecule has 0 spiro atoms. The monoisotopic (exact) mass is 340 g/mol. The Labute approximate surface area is 144 Å². The molecule has 0 fully saturated rings. The van der Waals surface area contributed by atoms with E-state index in [1.165, 1.54) is 0 Å². The van der Waals surface area contributed by atoms with Gasteiger partial charge in [-0.25, -0.2) is 0 Å². The van der Waals surface area contributed by atoms with Gasteiger partial charge < -0.3 is 9.88 Å². The van der Waals surface area contributed by atoms with Crippen LogP contribution in [0.25, 0.3) is 10.9 Å². The Morgan fingerprint density at radius 2 is 1.96 bits per heavy atom. The topological polar surface area (TPSA) is 51.1 Å². The van der Waals surface area contributed by atoms with Crippen molar-refractivity contribution in [1.29, 1.82) is 0 Å². The fourth-order valence-corrected chi connectivity index (χ4v) is 2.87. The van der Waals surface area contributed by atoms with Crippen molar-refractivity contribution in [1.82, 2.24) is 4.57 Å². The molecule has 0 saturated carbocycles. The Kier molecular flexibility index (Phi) is 4.40. The summed E-state index contributed by atoms with van der Waals surface area (Å²) >= 11 is 6.02. The molecule has 0 bridgehead atoms. The molecule has 3 aromatic rings. The molecule has 5 heteroatoms. The van der Waals surface area contributed by atoms with Gasteiger partial charge in [-0.1, -0.05) is 29.8 Å². The average Bonchev–Trinajstić information content (AvgIpc) is 2.57. The lowest BCUT2D eigenvalue weighted by Gasteiger charge is -2.13. The summed E-state index contributed by atoms with van der Waals surface area (Å²) in [4.78, 5) is 25.4. The van der Waals surface area contributed by atoms with E-state index in [0.29, 0.717) is 22.6 Å². The molecular formula is C19H17ClN2O2. The highest BCUT2D eigenvalue weighted by atomic mass is 35.5. The summed E-state index contributed by atoms with van der Waals surface area (Å²) in [6.45, 7) is 4.50. The minimum Gasteiger partial charge on any atom is -0.347 e. The third-order valence-electron chi connectivity index (χ3n) is 4.02. The zero-order chi connectivity index (χ0) is 17.3. The summed E-state index contributed by atoms with van der Waals surface area (Å²) in [5.74, 6) is -0.418. The molecule has 3 rings (SSSR count). The molecule has 0 radical (unpaired) electrons. The van der Waals surface area contributed by atoms with E-state index < -0.39 is 5.91 Å². The van der Waals surface area contributed by atoms with Gasteiger partial charge in [-0.15, -0.1) is 0 Å². The van der Waals surface area contributed by atoms with Crippen molar-refractivity contribution in [2.24, 2.45) is 0 Å². The number of halogens is 1. The molecule has 1 amide bonds. The van der Waals surface area contributed by atoms with Gasteiger partial charge in [-0.2, -0.15) is 0 Å². The highest BCUT2D eigenvalue weighted by Crippen LogP contribution is 2.19. The maximum Gasteiger partial charge on any atom is 0.261 e. The Morgan fingerprint density at radius 1 is 1.21 bits per heavy atom. The molecule has 1 heterocycles. The second kappa shape index (κ2) is 6.49. The number of carbonyl (C=O) groups is 1. The standard InChI is InChI=1S/C19H17ClN2O2/c1-3-22-11-15(18(23)14-10-13(20)8-9-17(14)22)19(24)21-16-7-5-4-6-12(16)2/h4-11H,3H2,1-2H3,(H,21,24). The van der Waals surface area contributed by atoms with E-state index >= 15 is 0 Å². The number of rotatable bonds is 3. The molecule has 0 aliphatic carbocycles. The van der Waals surface area contributed by atoms with Gasteiger partial charge in [-0.3, -0.25) is 9.59 Å². The predicted molar refractivity (Wildman–Crippen MR) is 98.0 cm³/mol. The van der Waals surface area contributed by atoms with Crippen molar-refractivity contribution >= 4 is 34.1 Å². The smallest absolute Gasteiger partial charge is 0.261 e. The van der Waals surface area contributed by atoms with E-state index in [2.05, 4.69) is 5.32 Å². The Morgan fingerprint density at radius 3 is 2.67 bits per heavy atom. The van der Waals surface area contributed by atoms with Crippen LogP contribution in [-0.2, 0) is 6.54 Å². The number of carbonyl (C=O) groups excluding carboxylic acids is 1. The summed E-state index contributed by atoms with van der Waals surface area (Å²) in [6, 6.07) is 12.6. The molecule has 122 valence electrons. The molecule has 0 atom stereocenters. The normalized spacial score (nSPS) is 10.8. The first-order valence-electron chi connectivity index (χ1n) is 7.71. The lowest BCUT2D eigenvalue weighted by Crippen LogP contribution is -2.24. The second-order valence-corrected chi connectivity index (χ2v) is 6.02. The summed E-state index contributed by atoms with van der Waals surface area (Å²) < 4.78 is 1.87. The van der Waals surface area contributed by atoms with Crippen molar-refractivity contribution in [3.05, 3.63) is 75.0 Å². The van der Waals surface area contributed by atoms with Gasteiger partial charge in [0.15, 0.2) is 0 Å². The summed E-state index contributed by atoms with van der Waals surface area (Å²) in [5, 5.41) is 3.73. The average molecular weight is 341 g/mol. The van der Waals surface area contributed by atoms with Crippen LogP contribution in [0.15, 0.2) is 53.5 Å². The van der Waals surface area contributed by atoms with E-state index in [0.717, 1.165) is 11.1 Å². The number of amides is 1. The molecular weight excluding hydrogens is 324 g/mol. The van der Waals surface area contributed by atoms with E-state index in [9.17, 15) is 9.59 Å². The summed E-state index contributed by atoms with van der Waals surface area (Å²) in [5.41, 5.74) is 2.18. The minimum atomic E-state index is -0.418. The number of aromatic nitrogens is 1. The third-order valence-corrected chi connectivity index (χ3v) is 4.26. The third kappa shape index (κ3) is 2.93. The van der Waals surface area contributed by atoms with Crippen LogP contribution in [0.4, 0.5) is 5.69 Å². The number of nitrogens with zero attached hydrogens (tertiary/aromatic N) is 1. The van der Waals surface area contributed by atoms with Crippen molar-refractivity contribution < 1.29 is 4.79 Å². The first kappa shape index (κ1) is 16.3. The largest absolute Gasteiger partial charge is 0.347 e. The summed E-state index contributed by atoms with van der Waals surface area (Å²) in [6.07, 6.45) is 1.60. The number of aryl methyl sites for hydroxylation is 2. The lowest BCUT2D eigenvalue weighted by molar-refractivity contribution is 0.102. The zero-order valence-corrected chi connectivity index (χ0v) is 14.2. The van der Waals surface area contributed by atoms with Crippen molar-refractivity contribution in [3.8, 4) is 0 Å². The van der Waals surface area contributed by atoms with Crippen LogP contribution in [0, 0.1) is 6.92 Å². The number of hydrogen-bond acceptors (Lipinski definition) is 2. The quantitative estimate of drug-likeness (QED) is 0.775. The molecule has 0 unspecified atom stereocenters. The van der Waals surface area contributed by atoms with Crippen molar-refractivity contribution in [3.63, 3.8) is 0 Å². The maximum atomic E-state index is 12.7.